The highest BCUT2D eigenvalue weighted by Gasteiger charge is 2.51. The lowest BCUT2D eigenvalue weighted by Crippen LogP contribution is -2.62. The highest BCUT2D eigenvalue weighted by atomic mass is 32.2. The van der Waals surface area contributed by atoms with E-state index in [-0.39, 0.29) is 17.5 Å². The molecule has 30 heavy (non-hydrogen) atoms. The maximum absolute atomic E-state index is 12.7. The quantitative estimate of drug-likeness (QED) is 0.715. The molecule has 1 heterocycles. The molecule has 2 aromatic rings. The van der Waals surface area contributed by atoms with Crippen molar-refractivity contribution in [2.24, 2.45) is 17.8 Å². The van der Waals surface area contributed by atoms with Gasteiger partial charge in [-0.15, -0.1) is 10.2 Å². The molecule has 4 bridgehead atoms. The molecular formula is C22H27N5O2S. The fraction of sp³-hybridized carbons (Fsp3) is 0.545. The van der Waals surface area contributed by atoms with Crippen LogP contribution in [0.1, 0.15) is 45.4 Å². The summed E-state index contributed by atoms with van der Waals surface area (Å²) in [4.78, 5) is 25.3. The minimum absolute atomic E-state index is 0.108. The fourth-order valence-corrected chi connectivity index (χ4v) is 6.87. The second kappa shape index (κ2) is 7.72. The molecule has 0 spiro atoms. The number of aromatic nitrogens is 3. The zero-order valence-corrected chi connectivity index (χ0v) is 17.9. The van der Waals surface area contributed by atoms with Gasteiger partial charge in [0, 0.05) is 11.2 Å². The van der Waals surface area contributed by atoms with Gasteiger partial charge in [-0.05, 0) is 75.3 Å². The van der Waals surface area contributed by atoms with Gasteiger partial charge in [0.2, 0.25) is 5.91 Å². The van der Waals surface area contributed by atoms with Gasteiger partial charge >= 0.3 is 6.03 Å². The first-order valence-corrected chi connectivity index (χ1v) is 11.6. The molecule has 4 fully saturated rings. The largest absolute Gasteiger partial charge is 0.332 e. The van der Waals surface area contributed by atoms with Gasteiger partial charge in [-0.3, -0.25) is 14.7 Å². The number of benzene rings is 1. The summed E-state index contributed by atoms with van der Waals surface area (Å²) in [6.07, 6.45) is 8.76. The van der Waals surface area contributed by atoms with Crippen LogP contribution in [0.3, 0.4) is 0 Å². The van der Waals surface area contributed by atoms with Gasteiger partial charge < -0.3 is 5.32 Å². The van der Waals surface area contributed by atoms with Gasteiger partial charge in [-0.2, -0.15) is 0 Å². The summed E-state index contributed by atoms with van der Waals surface area (Å²) in [6, 6.07) is 9.37. The molecule has 158 valence electrons. The average molecular weight is 426 g/mol. The van der Waals surface area contributed by atoms with Gasteiger partial charge in [-0.25, -0.2) is 4.79 Å². The molecule has 1 aromatic heterocycles. The molecule has 0 aliphatic heterocycles. The Bertz CT molecular complexity index is 909. The number of para-hydroxylation sites is 1. The minimum Gasteiger partial charge on any atom is -0.332 e. The van der Waals surface area contributed by atoms with Crippen LogP contribution >= 0.6 is 11.8 Å². The number of rotatable bonds is 5. The van der Waals surface area contributed by atoms with Crippen LogP contribution in [0.4, 0.5) is 4.79 Å². The maximum Gasteiger partial charge on any atom is 0.321 e. The van der Waals surface area contributed by atoms with Crippen LogP contribution in [0.2, 0.25) is 0 Å². The third-order valence-corrected chi connectivity index (χ3v) is 7.91. The van der Waals surface area contributed by atoms with E-state index in [4.69, 9.17) is 0 Å². The predicted molar refractivity (Wildman–Crippen MR) is 114 cm³/mol. The molecular weight excluding hydrogens is 398 g/mol. The summed E-state index contributed by atoms with van der Waals surface area (Å²) in [6.45, 7) is 1.78. The molecule has 1 unspecified atom stereocenters. The SMILES string of the molecule is CC(Sc1nncn1-c1ccccc1)C(=O)NC(=O)NC12CC3CC(CC(C3)C1)C2. The summed E-state index contributed by atoms with van der Waals surface area (Å²) in [5.74, 6) is 1.91. The van der Waals surface area contributed by atoms with Crippen LogP contribution in [-0.2, 0) is 4.79 Å². The van der Waals surface area contributed by atoms with Crippen molar-refractivity contribution in [2.45, 2.75) is 61.4 Å². The third-order valence-electron chi connectivity index (χ3n) is 6.86. The normalized spacial score (nSPS) is 30.1. The standard InChI is InChI=1S/C22H27N5O2S/c1-14(30-21-26-23-13-27(21)18-5-3-2-4-6-18)19(28)24-20(29)25-22-10-15-7-16(11-22)9-17(8-15)12-22/h2-6,13-17H,7-12H2,1H3,(H2,24,25,28,29). The molecule has 1 atom stereocenters. The number of hydrogen-bond acceptors (Lipinski definition) is 5. The Balaban J connectivity index is 1.19. The van der Waals surface area contributed by atoms with E-state index in [2.05, 4.69) is 20.8 Å². The first kappa shape index (κ1) is 19.6. The minimum atomic E-state index is -0.473. The second-order valence-corrected chi connectivity index (χ2v) is 10.5. The predicted octanol–water partition coefficient (Wildman–Crippen LogP) is 3.54. The first-order valence-electron chi connectivity index (χ1n) is 10.7. The Labute approximate surface area is 180 Å². The van der Waals surface area contributed by atoms with Gasteiger partial charge in [0.05, 0.1) is 5.25 Å². The molecule has 4 aliphatic carbocycles. The van der Waals surface area contributed by atoms with Crippen LogP contribution in [0.25, 0.3) is 5.69 Å². The van der Waals surface area contributed by atoms with Crippen LogP contribution in [0.15, 0.2) is 41.8 Å². The number of carbonyl (C=O) groups is 2. The maximum atomic E-state index is 12.7. The highest BCUT2D eigenvalue weighted by molar-refractivity contribution is 8.00. The lowest BCUT2D eigenvalue weighted by Gasteiger charge is -2.56. The van der Waals surface area contributed by atoms with Crippen molar-refractivity contribution in [2.75, 3.05) is 0 Å². The molecule has 6 rings (SSSR count). The lowest BCUT2D eigenvalue weighted by atomic mass is 9.53. The number of amides is 3. The Morgan fingerprint density at radius 3 is 2.37 bits per heavy atom. The summed E-state index contributed by atoms with van der Waals surface area (Å²) in [5.41, 5.74) is 0.820. The average Bonchev–Trinajstić information content (AvgIpc) is 3.15. The first-order chi connectivity index (χ1) is 14.5. The number of hydrogen-bond donors (Lipinski definition) is 2. The number of imide groups is 1. The summed E-state index contributed by atoms with van der Waals surface area (Å²) in [7, 11) is 0. The van der Waals surface area contributed by atoms with E-state index in [0.717, 1.165) is 42.7 Å². The van der Waals surface area contributed by atoms with Crippen molar-refractivity contribution < 1.29 is 9.59 Å². The summed E-state index contributed by atoms with van der Waals surface area (Å²) >= 11 is 1.29. The molecule has 3 amide bonds. The highest BCUT2D eigenvalue weighted by Crippen LogP contribution is 2.55. The molecule has 7 nitrogen and oxygen atoms in total. The zero-order valence-electron chi connectivity index (χ0n) is 17.1. The van der Waals surface area contributed by atoms with Crippen LogP contribution in [0.5, 0.6) is 0 Å². The molecule has 2 N–H and O–H groups in total. The Kier molecular flexibility index (Phi) is 5.05. The topological polar surface area (TPSA) is 88.9 Å². The van der Waals surface area contributed by atoms with Gasteiger partial charge in [0.1, 0.15) is 6.33 Å². The lowest BCUT2D eigenvalue weighted by molar-refractivity contribution is -0.119. The van der Waals surface area contributed by atoms with E-state index < -0.39 is 5.25 Å². The summed E-state index contributed by atoms with van der Waals surface area (Å²) < 4.78 is 1.84. The third kappa shape index (κ3) is 3.85. The van der Waals surface area contributed by atoms with Crippen molar-refractivity contribution in [3.05, 3.63) is 36.7 Å². The van der Waals surface area contributed by atoms with Crippen molar-refractivity contribution in [1.82, 2.24) is 25.4 Å². The van der Waals surface area contributed by atoms with Crippen LogP contribution < -0.4 is 10.6 Å². The molecule has 4 saturated carbocycles. The van der Waals surface area contributed by atoms with Crippen molar-refractivity contribution >= 4 is 23.7 Å². The van der Waals surface area contributed by atoms with E-state index in [1.807, 2.05) is 34.9 Å². The second-order valence-electron chi connectivity index (χ2n) is 9.22. The van der Waals surface area contributed by atoms with Gasteiger partial charge in [0.25, 0.3) is 0 Å². The van der Waals surface area contributed by atoms with Crippen molar-refractivity contribution in [1.29, 1.82) is 0 Å². The smallest absolute Gasteiger partial charge is 0.321 e. The molecule has 8 heteroatoms. The van der Waals surface area contributed by atoms with E-state index in [9.17, 15) is 9.59 Å². The molecule has 0 radical (unpaired) electrons. The number of urea groups is 1. The Morgan fingerprint density at radius 2 is 1.73 bits per heavy atom. The number of nitrogens with one attached hydrogen (secondary N) is 2. The van der Waals surface area contributed by atoms with Crippen LogP contribution in [-0.4, -0.2) is 37.5 Å². The Hall–Kier alpha value is -2.35. The van der Waals surface area contributed by atoms with Crippen molar-refractivity contribution in [3.63, 3.8) is 0 Å². The molecule has 4 aliphatic rings. The summed E-state index contributed by atoms with van der Waals surface area (Å²) in [5, 5.41) is 14.0. The molecule has 0 saturated heterocycles. The van der Waals surface area contributed by atoms with E-state index in [0.29, 0.717) is 5.16 Å². The van der Waals surface area contributed by atoms with Gasteiger partial charge in [-0.1, -0.05) is 30.0 Å². The Morgan fingerprint density at radius 1 is 1.10 bits per heavy atom. The zero-order chi connectivity index (χ0) is 20.7. The van der Waals surface area contributed by atoms with E-state index >= 15 is 0 Å². The molecule has 1 aromatic carbocycles. The monoisotopic (exact) mass is 425 g/mol. The fourth-order valence-electron chi connectivity index (χ4n) is 6.03. The number of nitrogens with zero attached hydrogens (tertiary/aromatic N) is 3. The number of carbonyl (C=O) groups excluding carboxylic acids is 2. The van der Waals surface area contributed by atoms with Crippen LogP contribution in [0, 0.1) is 17.8 Å². The van der Waals surface area contributed by atoms with E-state index in [1.165, 1.54) is 31.0 Å². The van der Waals surface area contributed by atoms with E-state index in [1.54, 1.807) is 13.3 Å². The number of thioether (sulfide) groups is 1. The van der Waals surface area contributed by atoms with Crippen molar-refractivity contribution in [3.8, 4) is 5.69 Å². The van der Waals surface area contributed by atoms with Gasteiger partial charge in [0.15, 0.2) is 5.16 Å².